The zero-order valence-corrected chi connectivity index (χ0v) is 8.79. The van der Waals surface area contributed by atoms with Crippen LogP contribution in [0.25, 0.3) is 5.57 Å². The molecule has 78 valence electrons. The molecule has 0 atom stereocenters. The van der Waals surface area contributed by atoms with Crippen LogP contribution in [0.15, 0.2) is 30.3 Å². The maximum absolute atomic E-state index is 7.40. The van der Waals surface area contributed by atoms with E-state index in [1.807, 2.05) is 18.2 Å². The molecular formula is C13H16N2. The van der Waals surface area contributed by atoms with E-state index in [9.17, 15) is 0 Å². The van der Waals surface area contributed by atoms with Gasteiger partial charge in [-0.3, -0.25) is 5.41 Å². The summed E-state index contributed by atoms with van der Waals surface area (Å²) in [6, 6.07) is 7.97. The summed E-state index contributed by atoms with van der Waals surface area (Å²) < 4.78 is 0. The molecule has 0 saturated carbocycles. The third-order valence-corrected chi connectivity index (χ3v) is 2.84. The van der Waals surface area contributed by atoms with Crippen molar-refractivity contribution in [2.24, 2.45) is 5.73 Å². The van der Waals surface area contributed by atoms with Gasteiger partial charge >= 0.3 is 0 Å². The van der Waals surface area contributed by atoms with Gasteiger partial charge in [0.25, 0.3) is 0 Å². The molecule has 1 aromatic carbocycles. The molecule has 0 radical (unpaired) electrons. The molecule has 0 amide bonds. The molecule has 0 aromatic heterocycles. The predicted molar refractivity (Wildman–Crippen MR) is 63.9 cm³/mol. The number of nitrogens with one attached hydrogen (secondary N) is 1. The van der Waals surface area contributed by atoms with Gasteiger partial charge in [-0.1, -0.05) is 24.3 Å². The minimum atomic E-state index is 0.147. The van der Waals surface area contributed by atoms with Crippen LogP contribution < -0.4 is 5.73 Å². The normalized spacial score (nSPS) is 15.9. The van der Waals surface area contributed by atoms with Gasteiger partial charge in [0.1, 0.15) is 5.84 Å². The second-order valence-electron chi connectivity index (χ2n) is 3.97. The first kappa shape index (κ1) is 9.97. The van der Waals surface area contributed by atoms with E-state index in [1.165, 1.54) is 30.4 Å². The summed E-state index contributed by atoms with van der Waals surface area (Å²) in [7, 11) is 0. The summed E-state index contributed by atoms with van der Waals surface area (Å²) in [6.45, 7) is 0. The highest BCUT2D eigenvalue weighted by atomic mass is 14.7. The van der Waals surface area contributed by atoms with Gasteiger partial charge in [-0.15, -0.1) is 0 Å². The van der Waals surface area contributed by atoms with Crippen molar-refractivity contribution in [3.8, 4) is 0 Å². The molecule has 1 aromatic rings. The molecule has 1 aliphatic carbocycles. The van der Waals surface area contributed by atoms with Gasteiger partial charge < -0.3 is 5.73 Å². The third-order valence-electron chi connectivity index (χ3n) is 2.84. The molecule has 0 fully saturated rings. The van der Waals surface area contributed by atoms with E-state index in [0.29, 0.717) is 0 Å². The number of hydrogen-bond donors (Lipinski definition) is 2. The van der Waals surface area contributed by atoms with Gasteiger partial charge in [-0.25, -0.2) is 0 Å². The number of rotatable bonds is 2. The lowest BCUT2D eigenvalue weighted by atomic mass is 9.93. The zero-order valence-electron chi connectivity index (χ0n) is 8.79. The molecule has 15 heavy (non-hydrogen) atoms. The Hall–Kier alpha value is -1.57. The van der Waals surface area contributed by atoms with E-state index in [1.54, 1.807) is 0 Å². The Kier molecular flexibility index (Phi) is 2.86. The monoisotopic (exact) mass is 200 g/mol. The number of nitrogens with two attached hydrogens (primary N) is 1. The van der Waals surface area contributed by atoms with Crippen LogP contribution in [0.4, 0.5) is 0 Å². The fourth-order valence-corrected chi connectivity index (χ4v) is 1.99. The quantitative estimate of drug-likeness (QED) is 0.559. The lowest BCUT2D eigenvalue weighted by Crippen LogP contribution is -2.11. The molecule has 0 saturated heterocycles. The van der Waals surface area contributed by atoms with Gasteiger partial charge in [-0.05, 0) is 42.9 Å². The van der Waals surface area contributed by atoms with Crippen LogP contribution in [-0.4, -0.2) is 5.84 Å². The van der Waals surface area contributed by atoms with Crippen LogP contribution in [0.5, 0.6) is 0 Å². The van der Waals surface area contributed by atoms with E-state index in [4.69, 9.17) is 11.1 Å². The van der Waals surface area contributed by atoms with Crippen LogP contribution in [0.1, 0.15) is 36.8 Å². The lowest BCUT2D eigenvalue weighted by Gasteiger charge is -2.13. The maximum Gasteiger partial charge on any atom is 0.122 e. The molecule has 0 bridgehead atoms. The number of benzene rings is 1. The molecule has 2 heteroatoms. The Balaban J connectivity index is 2.31. The third kappa shape index (κ3) is 2.27. The predicted octanol–water partition coefficient (Wildman–Crippen LogP) is 2.93. The average molecular weight is 200 g/mol. The summed E-state index contributed by atoms with van der Waals surface area (Å²) in [4.78, 5) is 0. The summed E-state index contributed by atoms with van der Waals surface area (Å²) in [6.07, 6.45) is 7.22. The highest BCUT2D eigenvalue weighted by Gasteiger charge is 2.07. The topological polar surface area (TPSA) is 49.9 Å². The number of hydrogen-bond acceptors (Lipinski definition) is 1. The largest absolute Gasteiger partial charge is 0.384 e. The van der Waals surface area contributed by atoms with E-state index in [0.717, 1.165) is 12.0 Å². The first-order chi connectivity index (χ1) is 7.27. The van der Waals surface area contributed by atoms with E-state index >= 15 is 0 Å². The molecular weight excluding hydrogens is 184 g/mol. The molecule has 1 aliphatic rings. The van der Waals surface area contributed by atoms with Crippen LogP contribution in [0.3, 0.4) is 0 Å². The first-order valence-electron chi connectivity index (χ1n) is 5.41. The van der Waals surface area contributed by atoms with Crippen molar-refractivity contribution >= 4 is 11.4 Å². The SMILES string of the molecule is N=C(N)c1cccc(C2=CCCCC2)c1. The van der Waals surface area contributed by atoms with Crippen molar-refractivity contribution in [3.05, 3.63) is 41.5 Å². The summed E-state index contributed by atoms with van der Waals surface area (Å²) in [5, 5.41) is 7.40. The Bertz CT molecular complexity index is 405. The number of nitrogen functional groups attached to an aromatic ring is 1. The zero-order chi connectivity index (χ0) is 10.7. The molecule has 2 rings (SSSR count). The first-order valence-corrected chi connectivity index (χ1v) is 5.41. The van der Waals surface area contributed by atoms with Crippen molar-refractivity contribution in [2.75, 3.05) is 0 Å². The second-order valence-corrected chi connectivity index (χ2v) is 3.97. The van der Waals surface area contributed by atoms with Gasteiger partial charge in [0, 0.05) is 5.56 Å². The summed E-state index contributed by atoms with van der Waals surface area (Å²) >= 11 is 0. The number of amidine groups is 1. The van der Waals surface area contributed by atoms with Crippen molar-refractivity contribution in [1.29, 1.82) is 5.41 Å². The van der Waals surface area contributed by atoms with Gasteiger partial charge in [0.15, 0.2) is 0 Å². The highest BCUT2D eigenvalue weighted by molar-refractivity contribution is 5.95. The van der Waals surface area contributed by atoms with E-state index in [2.05, 4.69) is 12.1 Å². The molecule has 0 unspecified atom stereocenters. The standard InChI is InChI=1S/C13H16N2/c14-13(15)12-8-4-7-11(9-12)10-5-2-1-3-6-10/h4-5,7-9H,1-3,6H2,(H3,14,15). The molecule has 2 nitrogen and oxygen atoms in total. The van der Waals surface area contributed by atoms with Gasteiger partial charge in [0.05, 0.1) is 0 Å². The van der Waals surface area contributed by atoms with Gasteiger partial charge in [-0.2, -0.15) is 0 Å². The number of allylic oxidation sites excluding steroid dienone is 2. The molecule has 0 heterocycles. The van der Waals surface area contributed by atoms with Crippen molar-refractivity contribution in [2.45, 2.75) is 25.7 Å². The fraction of sp³-hybridized carbons (Fsp3) is 0.308. The van der Waals surface area contributed by atoms with E-state index in [-0.39, 0.29) is 5.84 Å². The van der Waals surface area contributed by atoms with Crippen LogP contribution in [-0.2, 0) is 0 Å². The lowest BCUT2D eigenvalue weighted by molar-refractivity contribution is 0.742. The van der Waals surface area contributed by atoms with Crippen molar-refractivity contribution in [1.82, 2.24) is 0 Å². The Labute approximate surface area is 90.3 Å². The second kappa shape index (κ2) is 4.30. The Morgan fingerprint density at radius 1 is 1.27 bits per heavy atom. The minimum absolute atomic E-state index is 0.147. The van der Waals surface area contributed by atoms with Crippen molar-refractivity contribution < 1.29 is 0 Å². The smallest absolute Gasteiger partial charge is 0.122 e. The molecule has 3 N–H and O–H groups in total. The minimum Gasteiger partial charge on any atom is -0.384 e. The van der Waals surface area contributed by atoms with E-state index < -0.39 is 0 Å². The van der Waals surface area contributed by atoms with Crippen molar-refractivity contribution in [3.63, 3.8) is 0 Å². The van der Waals surface area contributed by atoms with Crippen LogP contribution in [0.2, 0.25) is 0 Å². The summed E-state index contributed by atoms with van der Waals surface area (Å²) in [5.74, 6) is 0.147. The summed E-state index contributed by atoms with van der Waals surface area (Å²) in [5.41, 5.74) is 8.93. The molecule has 0 spiro atoms. The highest BCUT2D eigenvalue weighted by Crippen LogP contribution is 2.26. The molecule has 0 aliphatic heterocycles. The van der Waals surface area contributed by atoms with Crippen LogP contribution >= 0.6 is 0 Å². The Morgan fingerprint density at radius 2 is 2.13 bits per heavy atom. The maximum atomic E-state index is 7.40. The Morgan fingerprint density at radius 3 is 2.80 bits per heavy atom. The average Bonchev–Trinajstić information content (AvgIpc) is 2.30. The van der Waals surface area contributed by atoms with Gasteiger partial charge in [0.2, 0.25) is 0 Å². The van der Waals surface area contributed by atoms with Crippen LogP contribution in [0, 0.1) is 5.41 Å². The fourth-order valence-electron chi connectivity index (χ4n) is 1.99.